The molecule has 0 atom stereocenters. The van der Waals surface area contributed by atoms with Gasteiger partial charge >= 0.3 is 5.97 Å². The molecule has 0 aliphatic carbocycles. The van der Waals surface area contributed by atoms with E-state index in [0.717, 1.165) is 10.2 Å². The summed E-state index contributed by atoms with van der Waals surface area (Å²) in [5.41, 5.74) is 1.37. The Morgan fingerprint density at radius 3 is 3.07 bits per heavy atom. The normalized spacial score (nSPS) is 10.4. The number of carbonyl (C=O) groups is 1. The van der Waals surface area contributed by atoms with Crippen LogP contribution in [0.25, 0.3) is 10.2 Å². The first kappa shape index (κ1) is 9.21. The number of aromatic nitrogens is 1. The summed E-state index contributed by atoms with van der Waals surface area (Å²) in [4.78, 5) is 15.8. The molecule has 14 heavy (non-hydrogen) atoms. The number of rotatable bonds is 1. The van der Waals surface area contributed by atoms with Gasteiger partial charge < -0.3 is 4.74 Å². The Bertz CT molecular complexity index is 495. The van der Waals surface area contributed by atoms with Crippen molar-refractivity contribution in [3.05, 3.63) is 23.2 Å². The lowest BCUT2D eigenvalue weighted by Crippen LogP contribution is -2.00. The standard InChI is InChI=1S/C9H6BNO2S/c1-13-9(12)7-4-6-8(14-7)5(10)2-3-11-6/h2-4H,1H3. The highest BCUT2D eigenvalue weighted by molar-refractivity contribution is 7.21. The number of thiophene rings is 1. The average molecular weight is 203 g/mol. The molecule has 0 aliphatic rings. The third kappa shape index (κ3) is 1.39. The monoisotopic (exact) mass is 203 g/mol. The molecule has 5 heteroatoms. The number of nitrogens with zero attached hydrogens (tertiary/aromatic N) is 1. The van der Waals surface area contributed by atoms with Crippen molar-refractivity contribution >= 4 is 40.8 Å². The average Bonchev–Trinajstić information content (AvgIpc) is 2.62. The quantitative estimate of drug-likeness (QED) is 0.510. The molecule has 0 fully saturated rings. The second-order valence-corrected chi connectivity index (χ2v) is 3.77. The van der Waals surface area contributed by atoms with E-state index in [-0.39, 0.29) is 5.97 Å². The van der Waals surface area contributed by atoms with Crippen LogP contribution >= 0.6 is 11.3 Å². The Balaban J connectivity index is 2.62. The number of fused-ring (bicyclic) bond motifs is 1. The Hall–Kier alpha value is -1.36. The number of esters is 1. The van der Waals surface area contributed by atoms with Crippen molar-refractivity contribution in [1.82, 2.24) is 4.98 Å². The molecule has 2 radical (unpaired) electrons. The molecule has 2 heterocycles. The predicted octanol–water partition coefficient (Wildman–Crippen LogP) is 0.877. The fourth-order valence-electron chi connectivity index (χ4n) is 1.16. The van der Waals surface area contributed by atoms with Gasteiger partial charge in [0.1, 0.15) is 12.7 Å². The maximum Gasteiger partial charge on any atom is 0.348 e. The van der Waals surface area contributed by atoms with E-state index < -0.39 is 0 Å². The zero-order chi connectivity index (χ0) is 10.1. The molecule has 2 aromatic rings. The summed E-state index contributed by atoms with van der Waals surface area (Å²) >= 11 is 1.29. The highest BCUT2D eigenvalue weighted by Gasteiger charge is 2.11. The number of methoxy groups -OCH3 is 1. The van der Waals surface area contributed by atoms with E-state index in [9.17, 15) is 4.79 Å². The molecule has 68 valence electrons. The van der Waals surface area contributed by atoms with Crippen molar-refractivity contribution in [3.63, 3.8) is 0 Å². The van der Waals surface area contributed by atoms with Crippen molar-refractivity contribution in [2.75, 3.05) is 7.11 Å². The van der Waals surface area contributed by atoms with Crippen molar-refractivity contribution in [2.45, 2.75) is 0 Å². The van der Waals surface area contributed by atoms with Gasteiger partial charge in [0.2, 0.25) is 0 Å². The van der Waals surface area contributed by atoms with E-state index in [0.29, 0.717) is 10.3 Å². The molecule has 0 aromatic carbocycles. The van der Waals surface area contributed by atoms with Crippen LogP contribution in [-0.4, -0.2) is 25.9 Å². The SMILES string of the molecule is [B]c1ccnc2cc(C(=O)OC)sc12. The molecule has 0 spiro atoms. The number of ether oxygens (including phenoxy) is 1. The number of hydrogen-bond acceptors (Lipinski definition) is 4. The van der Waals surface area contributed by atoms with E-state index in [1.807, 2.05) is 0 Å². The summed E-state index contributed by atoms with van der Waals surface area (Å²) in [6, 6.07) is 3.39. The summed E-state index contributed by atoms with van der Waals surface area (Å²) in [7, 11) is 7.08. The predicted molar refractivity (Wildman–Crippen MR) is 56.3 cm³/mol. The lowest BCUT2D eigenvalue weighted by molar-refractivity contribution is 0.0606. The van der Waals surface area contributed by atoms with Gasteiger partial charge in [-0.25, -0.2) is 4.79 Å². The third-order valence-corrected chi connectivity index (χ3v) is 2.98. The minimum Gasteiger partial charge on any atom is -0.465 e. The van der Waals surface area contributed by atoms with Crippen molar-refractivity contribution in [3.8, 4) is 0 Å². The zero-order valence-corrected chi connectivity index (χ0v) is 8.30. The Labute approximate surface area is 86.1 Å². The van der Waals surface area contributed by atoms with E-state index in [2.05, 4.69) is 9.72 Å². The molecule has 2 aromatic heterocycles. The molecule has 0 N–H and O–H groups in total. The summed E-state index contributed by atoms with van der Waals surface area (Å²) in [6.07, 6.45) is 1.62. The van der Waals surface area contributed by atoms with E-state index in [4.69, 9.17) is 7.85 Å². The van der Waals surface area contributed by atoms with Gasteiger partial charge in [0.15, 0.2) is 0 Å². The van der Waals surface area contributed by atoms with Gasteiger partial charge in [-0.05, 0) is 12.1 Å². The largest absolute Gasteiger partial charge is 0.465 e. The van der Waals surface area contributed by atoms with Gasteiger partial charge in [-0.2, -0.15) is 0 Å². The molecular formula is C9H6BNO2S. The highest BCUT2D eigenvalue weighted by atomic mass is 32.1. The van der Waals surface area contributed by atoms with Crippen LogP contribution in [0.15, 0.2) is 18.3 Å². The lowest BCUT2D eigenvalue weighted by atomic mass is 9.97. The van der Waals surface area contributed by atoms with Crippen LogP contribution in [-0.2, 0) is 4.74 Å². The molecule has 0 amide bonds. The van der Waals surface area contributed by atoms with Crippen LogP contribution in [0.2, 0.25) is 0 Å². The summed E-state index contributed by atoms with van der Waals surface area (Å²) in [6.45, 7) is 0. The maximum absolute atomic E-state index is 11.2. The fourth-order valence-corrected chi connectivity index (χ4v) is 2.12. The van der Waals surface area contributed by atoms with Crippen molar-refractivity contribution in [1.29, 1.82) is 0 Å². The van der Waals surface area contributed by atoms with Gasteiger partial charge in [0.05, 0.1) is 12.6 Å². The summed E-state index contributed by atoms with van der Waals surface area (Å²) in [5, 5.41) is 0. The molecule has 0 saturated carbocycles. The minimum atomic E-state index is -0.354. The smallest absolute Gasteiger partial charge is 0.348 e. The Morgan fingerprint density at radius 1 is 1.64 bits per heavy atom. The summed E-state index contributed by atoms with van der Waals surface area (Å²) < 4.78 is 5.44. The molecular weight excluding hydrogens is 197 g/mol. The number of pyridine rings is 1. The van der Waals surface area contributed by atoms with Gasteiger partial charge in [-0.15, -0.1) is 11.3 Å². The van der Waals surface area contributed by atoms with Crippen molar-refractivity contribution in [2.24, 2.45) is 0 Å². The van der Waals surface area contributed by atoms with Crippen LogP contribution in [0.5, 0.6) is 0 Å². The minimum absolute atomic E-state index is 0.354. The first-order valence-electron chi connectivity index (χ1n) is 3.94. The second kappa shape index (κ2) is 3.42. The summed E-state index contributed by atoms with van der Waals surface area (Å²) in [5.74, 6) is -0.354. The molecule has 0 aliphatic heterocycles. The van der Waals surface area contributed by atoms with Crippen LogP contribution in [0.1, 0.15) is 9.67 Å². The Kier molecular flexibility index (Phi) is 2.25. The van der Waals surface area contributed by atoms with Gasteiger partial charge in [0, 0.05) is 10.9 Å². The first-order valence-corrected chi connectivity index (χ1v) is 4.76. The molecule has 0 unspecified atom stereocenters. The topological polar surface area (TPSA) is 39.2 Å². The van der Waals surface area contributed by atoms with Crippen LogP contribution in [0.3, 0.4) is 0 Å². The molecule has 0 saturated heterocycles. The highest BCUT2D eigenvalue weighted by Crippen LogP contribution is 2.22. The third-order valence-electron chi connectivity index (χ3n) is 1.83. The van der Waals surface area contributed by atoms with Gasteiger partial charge in [-0.3, -0.25) is 4.98 Å². The fraction of sp³-hybridized carbons (Fsp3) is 0.111. The van der Waals surface area contributed by atoms with Gasteiger partial charge in [-0.1, -0.05) is 5.46 Å². The molecule has 3 nitrogen and oxygen atoms in total. The van der Waals surface area contributed by atoms with Crippen LogP contribution in [0, 0.1) is 0 Å². The van der Waals surface area contributed by atoms with Crippen molar-refractivity contribution < 1.29 is 9.53 Å². The zero-order valence-electron chi connectivity index (χ0n) is 7.48. The number of carbonyl (C=O) groups excluding carboxylic acids is 1. The first-order chi connectivity index (χ1) is 6.72. The van der Waals surface area contributed by atoms with Crippen LogP contribution in [0.4, 0.5) is 0 Å². The Morgan fingerprint density at radius 2 is 2.43 bits per heavy atom. The van der Waals surface area contributed by atoms with Gasteiger partial charge in [0.25, 0.3) is 0 Å². The second-order valence-electron chi connectivity index (χ2n) is 2.72. The molecule has 0 bridgehead atoms. The maximum atomic E-state index is 11.2. The number of hydrogen-bond donors (Lipinski definition) is 0. The van der Waals surface area contributed by atoms with E-state index in [1.165, 1.54) is 18.4 Å². The molecule has 2 rings (SSSR count). The van der Waals surface area contributed by atoms with Crippen LogP contribution < -0.4 is 5.46 Å². The van der Waals surface area contributed by atoms with E-state index in [1.54, 1.807) is 18.3 Å². The van der Waals surface area contributed by atoms with E-state index >= 15 is 0 Å². The lowest BCUT2D eigenvalue weighted by Gasteiger charge is -1.92.